The molecule has 5 heteroatoms. The Balaban J connectivity index is 0.00000161. The van der Waals surface area contributed by atoms with Crippen molar-refractivity contribution in [1.82, 2.24) is 4.90 Å². The van der Waals surface area contributed by atoms with Gasteiger partial charge in [0.1, 0.15) is 0 Å². The first-order valence-electron chi connectivity index (χ1n) is 7.77. The summed E-state index contributed by atoms with van der Waals surface area (Å²) >= 11 is 1.81. The lowest BCUT2D eigenvalue weighted by Crippen LogP contribution is -2.44. The normalized spacial score (nSPS) is 24.1. The van der Waals surface area contributed by atoms with Crippen molar-refractivity contribution in [2.75, 3.05) is 13.1 Å². The van der Waals surface area contributed by atoms with Gasteiger partial charge in [0, 0.05) is 24.0 Å². The summed E-state index contributed by atoms with van der Waals surface area (Å²) in [5.41, 5.74) is 7.28. The molecule has 1 amide bonds. The third-order valence-electron chi connectivity index (χ3n) is 4.94. The molecule has 0 spiro atoms. The monoisotopic (exact) mass is 328 g/mol. The lowest BCUT2D eigenvalue weighted by atomic mass is 9.85. The number of thiophene rings is 1. The van der Waals surface area contributed by atoms with Gasteiger partial charge in [-0.05, 0) is 62.0 Å². The zero-order valence-corrected chi connectivity index (χ0v) is 14.2. The second-order valence-corrected chi connectivity index (χ2v) is 7.27. The van der Waals surface area contributed by atoms with E-state index in [9.17, 15) is 4.79 Å². The largest absolute Gasteiger partial charge is 0.342 e. The summed E-state index contributed by atoms with van der Waals surface area (Å²) in [5.74, 6) is 1.06. The van der Waals surface area contributed by atoms with Crippen LogP contribution in [-0.4, -0.2) is 29.9 Å². The summed E-state index contributed by atoms with van der Waals surface area (Å²) in [7, 11) is 0. The quantitative estimate of drug-likeness (QED) is 0.906. The number of hydrogen-bond donors (Lipinski definition) is 1. The van der Waals surface area contributed by atoms with Crippen LogP contribution in [-0.2, 0) is 11.2 Å². The Morgan fingerprint density at radius 1 is 1.38 bits per heavy atom. The van der Waals surface area contributed by atoms with Crippen LogP contribution < -0.4 is 5.73 Å². The molecule has 0 saturated carbocycles. The summed E-state index contributed by atoms with van der Waals surface area (Å²) in [6.45, 7) is 3.86. The standard InChI is InChI=1S/C16H24N2OS.ClH/c1-11(17)12-5-8-18(9-6-12)16(19)14-3-2-4-15-13(14)7-10-20-15;/h7,10-12,14H,2-6,8-9,17H2,1H3;1H. The molecule has 3 rings (SSSR count). The Morgan fingerprint density at radius 3 is 2.76 bits per heavy atom. The minimum Gasteiger partial charge on any atom is -0.342 e. The van der Waals surface area contributed by atoms with Gasteiger partial charge in [0.25, 0.3) is 0 Å². The van der Waals surface area contributed by atoms with Gasteiger partial charge in [-0.25, -0.2) is 0 Å². The summed E-state index contributed by atoms with van der Waals surface area (Å²) in [6.07, 6.45) is 5.46. The fourth-order valence-corrected chi connectivity index (χ4v) is 4.60. The number of carbonyl (C=O) groups is 1. The predicted molar refractivity (Wildman–Crippen MR) is 90.2 cm³/mol. The van der Waals surface area contributed by atoms with E-state index in [2.05, 4.69) is 23.3 Å². The molecule has 1 aromatic heterocycles. The number of rotatable bonds is 2. The van der Waals surface area contributed by atoms with Crippen LogP contribution in [0.25, 0.3) is 0 Å². The lowest BCUT2D eigenvalue weighted by molar-refractivity contribution is -0.134. The van der Waals surface area contributed by atoms with Gasteiger partial charge in [-0.3, -0.25) is 4.79 Å². The number of likely N-dealkylation sites (tertiary alicyclic amines) is 1. The molecular formula is C16H25ClN2OS. The second-order valence-electron chi connectivity index (χ2n) is 6.27. The minimum absolute atomic E-state index is 0. The van der Waals surface area contributed by atoms with Gasteiger partial charge >= 0.3 is 0 Å². The molecule has 3 nitrogen and oxygen atoms in total. The van der Waals surface area contributed by atoms with Gasteiger partial charge in [-0.2, -0.15) is 0 Å². The number of hydrogen-bond acceptors (Lipinski definition) is 3. The van der Waals surface area contributed by atoms with Crippen LogP contribution in [0.5, 0.6) is 0 Å². The molecule has 2 unspecified atom stereocenters. The van der Waals surface area contributed by atoms with Gasteiger partial charge in [0.15, 0.2) is 0 Å². The average Bonchev–Trinajstić information content (AvgIpc) is 2.95. The zero-order valence-electron chi connectivity index (χ0n) is 12.6. The van der Waals surface area contributed by atoms with E-state index in [1.165, 1.54) is 10.4 Å². The molecule has 2 heterocycles. The number of carbonyl (C=O) groups excluding carboxylic acids is 1. The highest BCUT2D eigenvalue weighted by atomic mass is 35.5. The fourth-order valence-electron chi connectivity index (χ4n) is 3.61. The number of nitrogens with two attached hydrogens (primary N) is 1. The molecule has 0 aromatic carbocycles. The number of aryl methyl sites for hydroxylation is 1. The average molecular weight is 329 g/mol. The number of halogens is 1. The first-order valence-corrected chi connectivity index (χ1v) is 8.65. The summed E-state index contributed by atoms with van der Waals surface area (Å²) in [4.78, 5) is 16.3. The highest BCUT2D eigenvalue weighted by Gasteiger charge is 2.32. The highest BCUT2D eigenvalue weighted by Crippen LogP contribution is 2.36. The molecule has 2 N–H and O–H groups in total. The van der Waals surface area contributed by atoms with E-state index in [4.69, 9.17) is 5.73 Å². The van der Waals surface area contributed by atoms with Crippen LogP contribution >= 0.6 is 23.7 Å². The lowest BCUT2D eigenvalue weighted by Gasteiger charge is -2.36. The van der Waals surface area contributed by atoms with E-state index in [0.29, 0.717) is 11.8 Å². The fraction of sp³-hybridized carbons (Fsp3) is 0.688. The molecule has 1 fully saturated rings. The van der Waals surface area contributed by atoms with E-state index in [1.54, 1.807) is 0 Å². The van der Waals surface area contributed by atoms with Crippen molar-refractivity contribution < 1.29 is 4.79 Å². The molecule has 118 valence electrons. The van der Waals surface area contributed by atoms with Crippen molar-refractivity contribution >= 4 is 29.7 Å². The van der Waals surface area contributed by atoms with Gasteiger partial charge in [0.05, 0.1) is 5.92 Å². The molecule has 2 aliphatic rings. The van der Waals surface area contributed by atoms with E-state index >= 15 is 0 Å². The summed E-state index contributed by atoms with van der Waals surface area (Å²) in [5, 5.41) is 2.14. The second kappa shape index (κ2) is 7.12. The Hall–Kier alpha value is -0.580. The molecule has 1 aliphatic carbocycles. The van der Waals surface area contributed by atoms with Gasteiger partial charge in [-0.15, -0.1) is 23.7 Å². The SMILES string of the molecule is CC(N)C1CCN(C(=O)C2CCCc3sccc32)CC1.Cl. The molecule has 0 radical (unpaired) electrons. The maximum atomic E-state index is 12.8. The smallest absolute Gasteiger partial charge is 0.230 e. The Bertz CT molecular complexity index is 480. The van der Waals surface area contributed by atoms with Crippen LogP contribution in [0.4, 0.5) is 0 Å². The highest BCUT2D eigenvalue weighted by molar-refractivity contribution is 7.10. The minimum atomic E-state index is 0. The van der Waals surface area contributed by atoms with Crippen LogP contribution in [0.3, 0.4) is 0 Å². The van der Waals surface area contributed by atoms with Crippen LogP contribution in [0.1, 0.15) is 49.0 Å². The third kappa shape index (κ3) is 3.43. The topological polar surface area (TPSA) is 46.3 Å². The maximum absolute atomic E-state index is 12.8. The first kappa shape index (κ1) is 16.8. The number of nitrogens with zero attached hydrogens (tertiary/aromatic N) is 1. The van der Waals surface area contributed by atoms with Crippen molar-refractivity contribution in [3.8, 4) is 0 Å². The van der Waals surface area contributed by atoms with Crippen molar-refractivity contribution in [2.45, 2.75) is 51.0 Å². The number of amides is 1. The van der Waals surface area contributed by atoms with E-state index < -0.39 is 0 Å². The van der Waals surface area contributed by atoms with E-state index in [0.717, 1.165) is 45.2 Å². The molecule has 2 atom stereocenters. The molecular weight excluding hydrogens is 304 g/mol. The first-order chi connectivity index (χ1) is 9.66. The third-order valence-corrected chi connectivity index (χ3v) is 5.94. The molecule has 1 saturated heterocycles. The van der Waals surface area contributed by atoms with Crippen molar-refractivity contribution in [3.63, 3.8) is 0 Å². The maximum Gasteiger partial charge on any atom is 0.230 e. The van der Waals surface area contributed by atoms with E-state index in [1.807, 2.05) is 11.3 Å². The summed E-state index contributed by atoms with van der Waals surface area (Å²) in [6, 6.07) is 2.42. The Kier molecular flexibility index (Phi) is 5.69. The summed E-state index contributed by atoms with van der Waals surface area (Å²) < 4.78 is 0. The van der Waals surface area contributed by atoms with Crippen molar-refractivity contribution in [2.24, 2.45) is 11.7 Å². The Labute approximate surface area is 137 Å². The number of fused-ring (bicyclic) bond motifs is 1. The molecule has 21 heavy (non-hydrogen) atoms. The van der Waals surface area contributed by atoms with Crippen molar-refractivity contribution in [1.29, 1.82) is 0 Å². The molecule has 1 aliphatic heterocycles. The van der Waals surface area contributed by atoms with E-state index in [-0.39, 0.29) is 24.4 Å². The van der Waals surface area contributed by atoms with Crippen LogP contribution in [0, 0.1) is 5.92 Å². The van der Waals surface area contributed by atoms with Crippen molar-refractivity contribution in [3.05, 3.63) is 21.9 Å². The number of piperidine rings is 1. The molecule has 0 bridgehead atoms. The zero-order chi connectivity index (χ0) is 14.1. The van der Waals surface area contributed by atoms with Crippen LogP contribution in [0.15, 0.2) is 11.4 Å². The Morgan fingerprint density at radius 2 is 2.10 bits per heavy atom. The van der Waals surface area contributed by atoms with Gasteiger partial charge < -0.3 is 10.6 Å². The van der Waals surface area contributed by atoms with Crippen LogP contribution in [0.2, 0.25) is 0 Å². The predicted octanol–water partition coefficient (Wildman–Crippen LogP) is 3.18. The van der Waals surface area contributed by atoms with Gasteiger partial charge in [0.2, 0.25) is 5.91 Å². The van der Waals surface area contributed by atoms with Gasteiger partial charge in [-0.1, -0.05) is 0 Å². The molecule has 1 aromatic rings.